The minimum Gasteiger partial charge on any atom is -0.383 e. The molecule has 0 aromatic carbocycles. The molecule has 2 unspecified atom stereocenters. The number of hydrogen-bond donors (Lipinski definition) is 1. The third-order valence-corrected chi connectivity index (χ3v) is 3.34. The van der Waals surface area contributed by atoms with Gasteiger partial charge in [-0.05, 0) is 27.2 Å². The number of nitrogens with zero attached hydrogens (tertiary/aromatic N) is 2. The van der Waals surface area contributed by atoms with Crippen LogP contribution in [0, 0.1) is 13.8 Å². The molecule has 0 saturated heterocycles. The molecule has 1 N–H and O–H groups in total. The molecule has 98 valence electrons. The molecule has 0 aliphatic heterocycles. The van der Waals surface area contributed by atoms with Crippen molar-refractivity contribution in [3.8, 4) is 0 Å². The van der Waals surface area contributed by atoms with E-state index in [-0.39, 0.29) is 0 Å². The molecule has 0 aliphatic rings. The van der Waals surface area contributed by atoms with Gasteiger partial charge in [-0.25, -0.2) is 0 Å². The summed E-state index contributed by atoms with van der Waals surface area (Å²) < 4.78 is 7.16. The first-order chi connectivity index (χ1) is 8.01. The molecule has 0 radical (unpaired) electrons. The number of aromatic nitrogens is 2. The van der Waals surface area contributed by atoms with Crippen LogP contribution in [0.1, 0.15) is 43.3 Å². The molecule has 1 aromatic rings. The summed E-state index contributed by atoms with van der Waals surface area (Å²) in [5.41, 5.74) is 3.65. The van der Waals surface area contributed by atoms with E-state index in [0.29, 0.717) is 12.1 Å². The zero-order chi connectivity index (χ0) is 13.0. The number of ether oxygens (including phenoxy) is 1. The Morgan fingerprint density at radius 2 is 2.06 bits per heavy atom. The minimum atomic E-state index is 0.309. The van der Waals surface area contributed by atoms with Gasteiger partial charge in [0.2, 0.25) is 0 Å². The molecule has 1 rings (SSSR count). The molecule has 0 saturated carbocycles. The normalized spacial score (nSPS) is 14.9. The fourth-order valence-electron chi connectivity index (χ4n) is 2.34. The topological polar surface area (TPSA) is 39.1 Å². The summed E-state index contributed by atoms with van der Waals surface area (Å²) in [4.78, 5) is 0. The Morgan fingerprint density at radius 1 is 1.41 bits per heavy atom. The van der Waals surface area contributed by atoms with Crippen molar-refractivity contribution in [3.05, 3.63) is 17.0 Å². The van der Waals surface area contributed by atoms with E-state index in [1.807, 2.05) is 11.7 Å². The summed E-state index contributed by atoms with van der Waals surface area (Å²) in [5, 5.41) is 8.06. The first-order valence-electron chi connectivity index (χ1n) is 6.26. The van der Waals surface area contributed by atoms with Crippen molar-refractivity contribution in [1.29, 1.82) is 0 Å². The molecule has 0 bridgehead atoms. The number of rotatable bonds is 6. The van der Waals surface area contributed by atoms with Crippen LogP contribution in [-0.4, -0.2) is 29.5 Å². The fraction of sp³-hybridized carbons (Fsp3) is 0.769. The van der Waals surface area contributed by atoms with Crippen molar-refractivity contribution < 1.29 is 4.74 Å². The second kappa shape index (κ2) is 6.17. The molecule has 0 amide bonds. The zero-order valence-corrected chi connectivity index (χ0v) is 11.9. The summed E-state index contributed by atoms with van der Waals surface area (Å²) in [6, 6.07) is 0.706. The lowest BCUT2D eigenvalue weighted by atomic mass is 10.0. The highest BCUT2D eigenvalue weighted by molar-refractivity contribution is 5.27. The van der Waals surface area contributed by atoms with Crippen molar-refractivity contribution in [2.24, 2.45) is 7.05 Å². The van der Waals surface area contributed by atoms with E-state index in [9.17, 15) is 0 Å². The van der Waals surface area contributed by atoms with Crippen molar-refractivity contribution >= 4 is 0 Å². The second-order valence-corrected chi connectivity index (χ2v) is 4.66. The van der Waals surface area contributed by atoms with Gasteiger partial charge >= 0.3 is 0 Å². The van der Waals surface area contributed by atoms with Gasteiger partial charge in [-0.2, -0.15) is 5.10 Å². The van der Waals surface area contributed by atoms with Gasteiger partial charge in [-0.1, -0.05) is 6.92 Å². The molecule has 1 heterocycles. The van der Waals surface area contributed by atoms with Gasteiger partial charge in [0, 0.05) is 37.5 Å². The molecular formula is C13H25N3O. The highest BCUT2D eigenvalue weighted by Crippen LogP contribution is 2.21. The minimum absolute atomic E-state index is 0.309. The predicted molar refractivity (Wildman–Crippen MR) is 70.2 cm³/mol. The van der Waals surface area contributed by atoms with E-state index in [1.54, 1.807) is 7.11 Å². The molecule has 4 heteroatoms. The van der Waals surface area contributed by atoms with Crippen LogP contribution in [0.25, 0.3) is 0 Å². The highest BCUT2D eigenvalue weighted by Gasteiger charge is 2.18. The third-order valence-electron chi connectivity index (χ3n) is 3.34. The summed E-state index contributed by atoms with van der Waals surface area (Å²) in [6.45, 7) is 9.30. The van der Waals surface area contributed by atoms with Crippen molar-refractivity contribution in [2.45, 2.75) is 46.2 Å². The van der Waals surface area contributed by atoms with Gasteiger partial charge in [-0.15, -0.1) is 0 Å². The second-order valence-electron chi connectivity index (χ2n) is 4.66. The van der Waals surface area contributed by atoms with Crippen LogP contribution in [0.2, 0.25) is 0 Å². The van der Waals surface area contributed by atoms with Gasteiger partial charge in [-0.3, -0.25) is 4.68 Å². The Bertz CT molecular complexity index is 360. The standard InChI is InChI=1S/C13H25N3O/c1-7-12(8-17-6)14-9(2)13-10(3)15-16(5)11(13)4/h9,12,14H,7-8H2,1-6H3. The Hall–Kier alpha value is -0.870. The smallest absolute Gasteiger partial charge is 0.0644 e. The van der Waals surface area contributed by atoms with E-state index in [1.165, 1.54) is 11.3 Å². The number of methoxy groups -OCH3 is 1. The first-order valence-corrected chi connectivity index (χ1v) is 6.26. The van der Waals surface area contributed by atoms with Crippen molar-refractivity contribution in [3.63, 3.8) is 0 Å². The van der Waals surface area contributed by atoms with E-state index in [2.05, 4.69) is 38.1 Å². The molecule has 1 aromatic heterocycles. The van der Waals surface area contributed by atoms with E-state index >= 15 is 0 Å². The summed E-state index contributed by atoms with van der Waals surface area (Å²) in [7, 11) is 3.74. The molecule has 0 aliphatic carbocycles. The van der Waals surface area contributed by atoms with Gasteiger partial charge in [0.15, 0.2) is 0 Å². The quantitative estimate of drug-likeness (QED) is 0.826. The average Bonchev–Trinajstić information content (AvgIpc) is 2.52. The third kappa shape index (κ3) is 3.30. The maximum Gasteiger partial charge on any atom is 0.0644 e. The SMILES string of the molecule is CCC(COC)NC(C)c1c(C)nn(C)c1C. The zero-order valence-electron chi connectivity index (χ0n) is 11.9. The van der Waals surface area contributed by atoms with Crippen LogP contribution in [-0.2, 0) is 11.8 Å². The van der Waals surface area contributed by atoms with Crippen LogP contribution >= 0.6 is 0 Å². The van der Waals surface area contributed by atoms with Crippen LogP contribution < -0.4 is 5.32 Å². The summed E-state index contributed by atoms with van der Waals surface area (Å²) >= 11 is 0. The van der Waals surface area contributed by atoms with E-state index in [4.69, 9.17) is 4.74 Å². The van der Waals surface area contributed by atoms with Gasteiger partial charge in [0.25, 0.3) is 0 Å². The van der Waals surface area contributed by atoms with Gasteiger partial charge in [0.05, 0.1) is 12.3 Å². The average molecular weight is 239 g/mol. The van der Waals surface area contributed by atoms with E-state index < -0.39 is 0 Å². The maximum absolute atomic E-state index is 5.21. The van der Waals surface area contributed by atoms with Crippen molar-refractivity contribution in [1.82, 2.24) is 15.1 Å². The van der Waals surface area contributed by atoms with Crippen LogP contribution in [0.3, 0.4) is 0 Å². The van der Waals surface area contributed by atoms with Crippen LogP contribution in [0.5, 0.6) is 0 Å². The maximum atomic E-state index is 5.21. The lowest BCUT2D eigenvalue weighted by Crippen LogP contribution is -2.35. The summed E-state index contributed by atoms with van der Waals surface area (Å²) in [6.07, 6.45) is 1.07. The highest BCUT2D eigenvalue weighted by atomic mass is 16.5. The first kappa shape index (κ1) is 14.2. The Balaban J connectivity index is 2.78. The molecular weight excluding hydrogens is 214 g/mol. The molecule has 4 nitrogen and oxygen atoms in total. The predicted octanol–water partition coefficient (Wildman–Crippen LogP) is 2.11. The lowest BCUT2D eigenvalue weighted by Gasteiger charge is -2.22. The molecule has 0 fully saturated rings. The van der Waals surface area contributed by atoms with Crippen molar-refractivity contribution in [2.75, 3.05) is 13.7 Å². The Morgan fingerprint density at radius 3 is 2.47 bits per heavy atom. The van der Waals surface area contributed by atoms with Gasteiger partial charge < -0.3 is 10.1 Å². The monoisotopic (exact) mass is 239 g/mol. The molecule has 17 heavy (non-hydrogen) atoms. The number of aryl methyl sites for hydroxylation is 2. The number of nitrogens with one attached hydrogen (secondary N) is 1. The number of hydrogen-bond acceptors (Lipinski definition) is 3. The Kier molecular flexibility index (Phi) is 5.15. The lowest BCUT2D eigenvalue weighted by molar-refractivity contribution is 0.159. The largest absolute Gasteiger partial charge is 0.383 e. The Labute approximate surface area is 104 Å². The summed E-state index contributed by atoms with van der Waals surface area (Å²) in [5.74, 6) is 0. The van der Waals surface area contributed by atoms with Gasteiger partial charge in [0.1, 0.15) is 0 Å². The molecule has 2 atom stereocenters. The van der Waals surface area contributed by atoms with Crippen LogP contribution in [0.4, 0.5) is 0 Å². The fourth-order valence-corrected chi connectivity index (χ4v) is 2.34. The van der Waals surface area contributed by atoms with Crippen LogP contribution in [0.15, 0.2) is 0 Å². The van der Waals surface area contributed by atoms with E-state index in [0.717, 1.165) is 18.7 Å². The molecule has 0 spiro atoms.